The summed E-state index contributed by atoms with van der Waals surface area (Å²) in [5.74, 6) is 2.03. The third-order valence-electron chi connectivity index (χ3n) is 3.05. The zero-order valence-electron chi connectivity index (χ0n) is 11.7. The SMILES string of the molecule is CC[C@H](NC(=O)c1cc(C)oc1C)c1ncc(C)[nH]1. The molecule has 0 aliphatic heterocycles. The molecule has 2 rings (SSSR count). The molecule has 102 valence electrons. The second-order valence-corrected chi connectivity index (χ2v) is 4.71. The highest BCUT2D eigenvalue weighted by molar-refractivity contribution is 5.95. The van der Waals surface area contributed by atoms with Crippen LogP contribution in [0.5, 0.6) is 0 Å². The Kier molecular flexibility index (Phi) is 3.74. The first-order valence-corrected chi connectivity index (χ1v) is 6.40. The molecule has 0 aromatic carbocycles. The average molecular weight is 261 g/mol. The first-order valence-electron chi connectivity index (χ1n) is 6.40. The van der Waals surface area contributed by atoms with Crippen LogP contribution in [0.3, 0.4) is 0 Å². The lowest BCUT2D eigenvalue weighted by Crippen LogP contribution is -2.29. The first-order chi connectivity index (χ1) is 9.01. The molecule has 5 nitrogen and oxygen atoms in total. The van der Waals surface area contributed by atoms with Gasteiger partial charge in [-0.15, -0.1) is 0 Å². The Labute approximate surface area is 112 Å². The molecule has 0 saturated carbocycles. The van der Waals surface area contributed by atoms with E-state index < -0.39 is 0 Å². The van der Waals surface area contributed by atoms with Crippen LogP contribution in [0.1, 0.15) is 52.8 Å². The molecule has 2 aromatic rings. The van der Waals surface area contributed by atoms with E-state index in [4.69, 9.17) is 4.42 Å². The van der Waals surface area contributed by atoms with Crippen molar-refractivity contribution in [3.63, 3.8) is 0 Å². The zero-order chi connectivity index (χ0) is 14.0. The number of hydrogen-bond acceptors (Lipinski definition) is 3. The molecule has 0 radical (unpaired) electrons. The number of aromatic amines is 1. The first kappa shape index (κ1) is 13.4. The van der Waals surface area contributed by atoms with Crippen LogP contribution in [0, 0.1) is 20.8 Å². The summed E-state index contributed by atoms with van der Waals surface area (Å²) in [7, 11) is 0. The maximum absolute atomic E-state index is 12.2. The van der Waals surface area contributed by atoms with E-state index in [-0.39, 0.29) is 11.9 Å². The lowest BCUT2D eigenvalue weighted by molar-refractivity contribution is 0.0932. The molecule has 0 bridgehead atoms. The van der Waals surface area contributed by atoms with Crippen molar-refractivity contribution in [2.45, 2.75) is 40.2 Å². The van der Waals surface area contributed by atoms with Gasteiger partial charge in [0.15, 0.2) is 0 Å². The highest BCUT2D eigenvalue weighted by Crippen LogP contribution is 2.17. The summed E-state index contributed by atoms with van der Waals surface area (Å²) in [5, 5.41) is 2.97. The number of hydrogen-bond donors (Lipinski definition) is 2. The van der Waals surface area contributed by atoms with Gasteiger partial charge in [0, 0.05) is 11.9 Å². The minimum Gasteiger partial charge on any atom is -0.466 e. The van der Waals surface area contributed by atoms with Crippen molar-refractivity contribution in [2.24, 2.45) is 0 Å². The van der Waals surface area contributed by atoms with Gasteiger partial charge < -0.3 is 14.7 Å². The van der Waals surface area contributed by atoms with Gasteiger partial charge in [0.25, 0.3) is 5.91 Å². The van der Waals surface area contributed by atoms with Crippen LogP contribution in [0.2, 0.25) is 0 Å². The predicted octanol–water partition coefficient (Wildman–Crippen LogP) is 2.81. The van der Waals surface area contributed by atoms with Gasteiger partial charge in [0.05, 0.1) is 11.6 Å². The molecule has 0 unspecified atom stereocenters. The Morgan fingerprint density at radius 2 is 2.21 bits per heavy atom. The smallest absolute Gasteiger partial charge is 0.255 e. The molecule has 0 fully saturated rings. The number of furan rings is 1. The highest BCUT2D eigenvalue weighted by Gasteiger charge is 2.19. The maximum atomic E-state index is 12.2. The number of H-pyrrole nitrogens is 1. The third kappa shape index (κ3) is 2.86. The van der Waals surface area contributed by atoms with Gasteiger partial charge in [-0.25, -0.2) is 4.98 Å². The fourth-order valence-electron chi connectivity index (χ4n) is 2.07. The third-order valence-corrected chi connectivity index (χ3v) is 3.05. The Hall–Kier alpha value is -2.04. The second-order valence-electron chi connectivity index (χ2n) is 4.71. The largest absolute Gasteiger partial charge is 0.466 e. The Bertz CT molecular complexity index is 583. The zero-order valence-corrected chi connectivity index (χ0v) is 11.7. The van der Waals surface area contributed by atoms with Crippen LogP contribution >= 0.6 is 0 Å². The van der Waals surface area contributed by atoms with Gasteiger partial charge >= 0.3 is 0 Å². The van der Waals surface area contributed by atoms with Crippen LogP contribution in [0.4, 0.5) is 0 Å². The Balaban J connectivity index is 2.15. The molecule has 2 aromatic heterocycles. The summed E-state index contributed by atoms with van der Waals surface area (Å²) >= 11 is 0. The van der Waals surface area contributed by atoms with Crippen LogP contribution in [0.15, 0.2) is 16.7 Å². The molecule has 1 amide bonds. The number of aryl methyl sites for hydroxylation is 3. The standard InChI is InChI=1S/C14H19N3O2/c1-5-12(13-15-7-8(2)16-13)17-14(18)11-6-9(3)19-10(11)4/h6-7,12H,5H2,1-4H3,(H,15,16)(H,17,18)/t12-/m0/s1. The van der Waals surface area contributed by atoms with Gasteiger partial charge in [0.1, 0.15) is 17.3 Å². The van der Waals surface area contributed by atoms with E-state index in [1.165, 1.54) is 0 Å². The molecule has 2 N–H and O–H groups in total. The van der Waals surface area contributed by atoms with Crippen LogP contribution < -0.4 is 5.32 Å². The van der Waals surface area contributed by atoms with E-state index in [1.807, 2.05) is 20.8 Å². The minimum absolute atomic E-state index is 0.115. The summed E-state index contributed by atoms with van der Waals surface area (Å²) in [6, 6.07) is 1.64. The maximum Gasteiger partial charge on any atom is 0.255 e. The Morgan fingerprint density at radius 1 is 1.47 bits per heavy atom. The van der Waals surface area contributed by atoms with E-state index in [0.29, 0.717) is 11.3 Å². The highest BCUT2D eigenvalue weighted by atomic mass is 16.3. The molecule has 19 heavy (non-hydrogen) atoms. The van der Waals surface area contributed by atoms with Crippen molar-refractivity contribution >= 4 is 5.91 Å². The summed E-state index contributed by atoms with van der Waals surface area (Å²) in [5.41, 5.74) is 1.57. The van der Waals surface area contributed by atoms with Crippen molar-refractivity contribution in [3.05, 3.63) is 40.9 Å². The molecular formula is C14H19N3O2. The second kappa shape index (κ2) is 5.30. The number of rotatable bonds is 4. The van der Waals surface area contributed by atoms with E-state index >= 15 is 0 Å². The molecular weight excluding hydrogens is 242 g/mol. The van der Waals surface area contributed by atoms with Crippen molar-refractivity contribution in [1.29, 1.82) is 0 Å². The predicted molar refractivity (Wildman–Crippen MR) is 72.0 cm³/mol. The molecule has 2 heterocycles. The molecule has 0 aliphatic rings. The van der Waals surface area contributed by atoms with Crippen molar-refractivity contribution in [3.8, 4) is 0 Å². The van der Waals surface area contributed by atoms with E-state index in [9.17, 15) is 4.79 Å². The lowest BCUT2D eigenvalue weighted by atomic mass is 10.1. The fraction of sp³-hybridized carbons (Fsp3) is 0.429. The van der Waals surface area contributed by atoms with Gasteiger partial charge in [-0.05, 0) is 33.3 Å². The quantitative estimate of drug-likeness (QED) is 0.889. The monoisotopic (exact) mass is 261 g/mol. The van der Waals surface area contributed by atoms with Gasteiger partial charge in [-0.1, -0.05) is 6.92 Å². The van der Waals surface area contributed by atoms with Crippen molar-refractivity contribution in [1.82, 2.24) is 15.3 Å². The molecule has 0 saturated heterocycles. The lowest BCUT2D eigenvalue weighted by Gasteiger charge is -2.14. The van der Waals surface area contributed by atoms with Gasteiger partial charge in [-0.3, -0.25) is 4.79 Å². The van der Waals surface area contributed by atoms with Crippen LogP contribution in [-0.4, -0.2) is 15.9 Å². The summed E-state index contributed by atoms with van der Waals surface area (Å²) in [6.45, 7) is 7.57. The number of aromatic nitrogens is 2. The van der Waals surface area contributed by atoms with Crippen molar-refractivity contribution in [2.75, 3.05) is 0 Å². The molecule has 0 aliphatic carbocycles. The number of nitrogens with zero attached hydrogens (tertiary/aromatic N) is 1. The Morgan fingerprint density at radius 3 is 2.68 bits per heavy atom. The van der Waals surface area contributed by atoms with Crippen LogP contribution in [-0.2, 0) is 0 Å². The summed E-state index contributed by atoms with van der Waals surface area (Å²) < 4.78 is 5.38. The van der Waals surface area contributed by atoms with Crippen LogP contribution in [0.25, 0.3) is 0 Å². The summed E-state index contributed by atoms with van der Waals surface area (Å²) in [6.07, 6.45) is 2.53. The molecule has 1 atom stereocenters. The van der Waals surface area contributed by atoms with E-state index in [2.05, 4.69) is 15.3 Å². The van der Waals surface area contributed by atoms with Crippen molar-refractivity contribution < 1.29 is 9.21 Å². The number of nitrogens with one attached hydrogen (secondary N) is 2. The minimum atomic E-state index is -0.129. The topological polar surface area (TPSA) is 70.9 Å². The number of carbonyl (C=O) groups is 1. The van der Waals surface area contributed by atoms with E-state index in [0.717, 1.165) is 23.7 Å². The van der Waals surface area contributed by atoms with Gasteiger partial charge in [0.2, 0.25) is 0 Å². The fourth-order valence-corrected chi connectivity index (χ4v) is 2.07. The molecule has 5 heteroatoms. The number of carbonyl (C=O) groups excluding carboxylic acids is 1. The number of amides is 1. The van der Waals surface area contributed by atoms with E-state index in [1.54, 1.807) is 19.2 Å². The average Bonchev–Trinajstić information content (AvgIpc) is 2.92. The normalized spacial score (nSPS) is 12.4. The van der Waals surface area contributed by atoms with Gasteiger partial charge in [-0.2, -0.15) is 0 Å². The molecule has 0 spiro atoms. The summed E-state index contributed by atoms with van der Waals surface area (Å²) in [4.78, 5) is 19.6. The number of imidazole rings is 1.